The third-order valence-electron chi connectivity index (χ3n) is 7.57. The molecule has 2 aromatic carbocycles. The Balaban J connectivity index is 1.43. The first kappa shape index (κ1) is 29.0. The molecule has 2 aromatic rings. The van der Waals surface area contributed by atoms with E-state index in [1.54, 1.807) is 23.5 Å². The van der Waals surface area contributed by atoms with Crippen molar-refractivity contribution < 1.29 is 10.2 Å². The lowest BCUT2D eigenvalue weighted by molar-refractivity contribution is -0.110. The van der Waals surface area contributed by atoms with Gasteiger partial charge in [0.25, 0.3) is 0 Å². The van der Waals surface area contributed by atoms with E-state index >= 15 is 0 Å². The van der Waals surface area contributed by atoms with Crippen molar-refractivity contribution in [1.82, 2.24) is 0 Å². The minimum Gasteiger partial charge on any atom is -0.392 e. The smallest absolute Gasteiger partial charge is 0.0716 e. The van der Waals surface area contributed by atoms with Crippen LogP contribution in [0, 0.1) is 22.7 Å². The van der Waals surface area contributed by atoms with Crippen molar-refractivity contribution in [1.29, 1.82) is 0 Å². The Bertz CT molecular complexity index is 1310. The molecule has 2 heterocycles. The molecular weight excluding hydrogens is 529 g/mol. The van der Waals surface area contributed by atoms with Crippen LogP contribution in [0.15, 0.2) is 118 Å². The van der Waals surface area contributed by atoms with Crippen LogP contribution in [0.5, 0.6) is 0 Å². The molecule has 208 valence electrons. The summed E-state index contributed by atoms with van der Waals surface area (Å²) >= 11 is 3.61. The van der Waals surface area contributed by atoms with E-state index in [4.69, 9.17) is 0 Å². The van der Waals surface area contributed by atoms with Gasteiger partial charge in [0.05, 0.1) is 12.2 Å². The predicted molar refractivity (Wildman–Crippen MR) is 174 cm³/mol. The fourth-order valence-electron chi connectivity index (χ4n) is 5.08. The third kappa shape index (κ3) is 6.36. The predicted octanol–water partition coefficient (Wildman–Crippen LogP) is 9.24. The molecule has 0 unspecified atom stereocenters. The number of benzene rings is 2. The van der Waals surface area contributed by atoms with Crippen LogP contribution in [-0.2, 0) is 0 Å². The minimum atomic E-state index is -0.640. The van der Waals surface area contributed by atoms with E-state index in [1.165, 1.54) is 30.7 Å². The number of rotatable bonds is 4. The fourth-order valence-corrected chi connectivity index (χ4v) is 7.45. The highest BCUT2D eigenvalue weighted by Gasteiger charge is 2.46. The van der Waals surface area contributed by atoms with Crippen molar-refractivity contribution >= 4 is 33.3 Å². The van der Waals surface area contributed by atoms with Gasteiger partial charge in [-0.1, -0.05) is 138 Å². The van der Waals surface area contributed by atoms with Crippen LogP contribution >= 0.6 is 23.5 Å². The van der Waals surface area contributed by atoms with Gasteiger partial charge in [0.2, 0.25) is 0 Å². The molecule has 0 spiro atoms. The average molecular weight is 569 g/mol. The topological polar surface area (TPSA) is 40.5 Å². The zero-order chi connectivity index (χ0) is 28.7. The van der Waals surface area contributed by atoms with Crippen LogP contribution in [0.25, 0.3) is 9.81 Å². The summed E-state index contributed by atoms with van der Waals surface area (Å²) in [6.07, 6.45) is 11.7. The summed E-state index contributed by atoms with van der Waals surface area (Å²) in [5, 5.41) is 22.5. The molecule has 2 aliphatic heterocycles. The molecule has 0 radical (unpaired) electrons. The van der Waals surface area contributed by atoms with E-state index in [-0.39, 0.29) is 22.7 Å². The molecule has 0 saturated heterocycles. The number of aliphatic hydroxyl groups is 2. The second-order valence-corrected chi connectivity index (χ2v) is 15.1. The van der Waals surface area contributed by atoms with Crippen LogP contribution < -0.4 is 0 Å². The second kappa shape index (κ2) is 11.4. The quantitative estimate of drug-likeness (QED) is 0.386. The molecule has 1 aliphatic carbocycles. The first-order valence-corrected chi connectivity index (χ1v) is 15.7. The van der Waals surface area contributed by atoms with E-state index in [1.807, 2.05) is 12.1 Å². The highest BCUT2D eigenvalue weighted by atomic mass is 32.2. The lowest BCUT2D eigenvalue weighted by atomic mass is 9.67. The Morgan fingerprint density at radius 2 is 0.900 bits per heavy atom. The van der Waals surface area contributed by atoms with Gasteiger partial charge in [-0.15, -0.1) is 0 Å². The number of aliphatic hydroxyl groups excluding tert-OH is 2. The van der Waals surface area contributed by atoms with Gasteiger partial charge in [-0.2, -0.15) is 0 Å². The maximum atomic E-state index is 11.3. The second-order valence-electron chi connectivity index (χ2n) is 12.9. The molecule has 0 amide bonds. The van der Waals surface area contributed by atoms with Crippen molar-refractivity contribution in [2.75, 3.05) is 0 Å². The molecule has 0 atom stereocenters. The van der Waals surface area contributed by atoms with Crippen LogP contribution in [0.2, 0.25) is 0 Å². The summed E-state index contributed by atoms with van der Waals surface area (Å²) in [5.41, 5.74) is 4.46. The highest BCUT2D eigenvalue weighted by Crippen LogP contribution is 2.49. The molecule has 3 aliphatic rings. The molecule has 2 N–H and O–H groups in total. The van der Waals surface area contributed by atoms with E-state index in [0.717, 1.165) is 11.1 Å². The SMILES string of the molecule is CC(C)(C)C1=C/C(=C/C2C(O)C(/C=C3\C=C(c4ccccc4)SC(C(C)(C)C)=C3)C2O)C=C(c2ccccc2)S1. The molecule has 4 heteroatoms. The zero-order valence-corrected chi connectivity index (χ0v) is 25.9. The molecule has 40 heavy (non-hydrogen) atoms. The largest absolute Gasteiger partial charge is 0.392 e. The third-order valence-corrected chi connectivity index (χ3v) is 10.6. The molecule has 5 rings (SSSR count). The summed E-state index contributed by atoms with van der Waals surface area (Å²) in [6, 6.07) is 20.9. The Hall–Kier alpha value is -2.50. The van der Waals surface area contributed by atoms with E-state index in [2.05, 4.69) is 127 Å². The Kier molecular flexibility index (Phi) is 8.27. The molecule has 2 nitrogen and oxygen atoms in total. The standard InChI is InChI=1S/C36H40O2S2/c1-35(2,3)31-21-23(19-29(39-31)25-13-9-7-10-14-25)17-27-33(37)28(34(27)38)18-24-20-30(26-15-11-8-12-16-26)40-32(22-24)36(4,5)6/h7-22,27-28,33-34,37-38H,1-6H3/b23-17+,24-18+. The average Bonchev–Trinajstić information content (AvgIpc) is 2.94. The van der Waals surface area contributed by atoms with Crippen molar-refractivity contribution in [3.05, 3.63) is 129 Å². The van der Waals surface area contributed by atoms with Crippen LogP contribution in [0.4, 0.5) is 0 Å². The van der Waals surface area contributed by atoms with Gasteiger partial charge >= 0.3 is 0 Å². The highest BCUT2D eigenvalue weighted by molar-refractivity contribution is 8.12. The Morgan fingerprint density at radius 3 is 1.23 bits per heavy atom. The number of allylic oxidation sites excluding steroid dienone is 8. The molecule has 0 bridgehead atoms. The number of hydrogen-bond acceptors (Lipinski definition) is 4. The van der Waals surface area contributed by atoms with Crippen molar-refractivity contribution in [2.24, 2.45) is 22.7 Å². The van der Waals surface area contributed by atoms with Gasteiger partial charge in [-0.05, 0) is 67.2 Å². The monoisotopic (exact) mass is 568 g/mol. The summed E-state index contributed by atoms with van der Waals surface area (Å²) in [6.45, 7) is 13.4. The summed E-state index contributed by atoms with van der Waals surface area (Å²) < 4.78 is 0. The maximum Gasteiger partial charge on any atom is 0.0716 e. The summed E-state index contributed by atoms with van der Waals surface area (Å²) in [5.74, 6) is -0.625. The van der Waals surface area contributed by atoms with E-state index < -0.39 is 12.2 Å². The Labute approximate surface area is 248 Å². The zero-order valence-electron chi connectivity index (χ0n) is 24.3. The molecular formula is C36H40O2S2. The Morgan fingerprint density at radius 1 is 0.550 bits per heavy atom. The van der Waals surface area contributed by atoms with Gasteiger partial charge in [0, 0.05) is 21.6 Å². The lowest BCUT2D eigenvalue weighted by Gasteiger charge is -2.44. The van der Waals surface area contributed by atoms with Crippen LogP contribution in [0.3, 0.4) is 0 Å². The van der Waals surface area contributed by atoms with Crippen LogP contribution in [0.1, 0.15) is 52.7 Å². The van der Waals surface area contributed by atoms with Crippen LogP contribution in [-0.4, -0.2) is 22.4 Å². The fraction of sp³-hybridized carbons (Fsp3) is 0.333. The number of hydrogen-bond donors (Lipinski definition) is 2. The van der Waals surface area contributed by atoms with E-state index in [9.17, 15) is 10.2 Å². The molecule has 1 fully saturated rings. The van der Waals surface area contributed by atoms with Gasteiger partial charge in [0.1, 0.15) is 0 Å². The summed E-state index contributed by atoms with van der Waals surface area (Å²) in [4.78, 5) is 4.94. The van der Waals surface area contributed by atoms with Crippen molar-refractivity contribution in [3.8, 4) is 0 Å². The maximum absolute atomic E-state index is 11.3. The van der Waals surface area contributed by atoms with Gasteiger partial charge < -0.3 is 10.2 Å². The number of thioether (sulfide) groups is 2. The minimum absolute atomic E-state index is 0.000726. The van der Waals surface area contributed by atoms with E-state index in [0.29, 0.717) is 0 Å². The first-order chi connectivity index (χ1) is 18.9. The molecule has 0 aromatic heterocycles. The van der Waals surface area contributed by atoms with Crippen molar-refractivity contribution in [2.45, 2.75) is 53.8 Å². The first-order valence-electron chi connectivity index (χ1n) is 14.0. The normalized spacial score (nSPS) is 27.5. The van der Waals surface area contributed by atoms with Gasteiger partial charge in [-0.3, -0.25) is 0 Å². The molecule has 1 saturated carbocycles. The van der Waals surface area contributed by atoms with Gasteiger partial charge in [-0.25, -0.2) is 0 Å². The summed E-state index contributed by atoms with van der Waals surface area (Å²) in [7, 11) is 0. The lowest BCUT2D eigenvalue weighted by Crippen LogP contribution is -2.53. The van der Waals surface area contributed by atoms with Crippen molar-refractivity contribution in [3.63, 3.8) is 0 Å². The van der Waals surface area contributed by atoms with Gasteiger partial charge in [0.15, 0.2) is 0 Å².